The van der Waals surface area contributed by atoms with Crippen LogP contribution in [0.15, 0.2) is 78.0 Å². The molecule has 0 unspecified atom stereocenters. The Bertz CT molecular complexity index is 1530. The Hall–Kier alpha value is -3.93. The zero-order valence-electron chi connectivity index (χ0n) is 17.2. The molecular weight excluding hydrogens is 462 g/mol. The Balaban J connectivity index is 1.66. The summed E-state index contributed by atoms with van der Waals surface area (Å²) in [5.74, 6) is 5.32. The Morgan fingerprint density at radius 1 is 1.00 bits per heavy atom. The maximum absolute atomic E-state index is 13.2. The first-order chi connectivity index (χ1) is 15.9. The second-order valence-corrected chi connectivity index (χ2v) is 8.83. The minimum absolute atomic E-state index is 0.00728. The van der Waals surface area contributed by atoms with Crippen molar-refractivity contribution < 1.29 is 17.9 Å². The van der Waals surface area contributed by atoms with E-state index in [1.165, 1.54) is 31.6 Å². The number of sulfonamides is 1. The number of nitrogens with zero attached hydrogens (tertiary/aromatic N) is 2. The standard InChI is InChI=1S/C24H16ClN3O4S/c1-32-24(29)21-12-10-16(15-27-21)9-11-17-5-2-3-7-20(17)28-33(30,31)22-8-4-6-18-19(25)13-14-26-23(18)22/h2-8,10,12-15,28H,1H3. The number of halogens is 1. The SMILES string of the molecule is COC(=O)c1ccc(C#Cc2ccccc2NS(=O)(=O)c2cccc3c(Cl)ccnc23)cn1. The van der Waals surface area contributed by atoms with Crippen molar-refractivity contribution in [3.05, 3.63) is 94.9 Å². The van der Waals surface area contributed by atoms with E-state index in [9.17, 15) is 13.2 Å². The first-order valence-electron chi connectivity index (χ1n) is 9.60. The highest BCUT2D eigenvalue weighted by atomic mass is 35.5. The summed E-state index contributed by atoms with van der Waals surface area (Å²) in [4.78, 5) is 19.7. The van der Waals surface area contributed by atoms with Gasteiger partial charge in [0.25, 0.3) is 10.0 Å². The van der Waals surface area contributed by atoms with E-state index in [4.69, 9.17) is 11.6 Å². The number of carbonyl (C=O) groups is 1. The summed E-state index contributed by atoms with van der Waals surface area (Å²) in [6.07, 6.45) is 2.90. The van der Waals surface area contributed by atoms with Crippen molar-refractivity contribution in [3.63, 3.8) is 0 Å². The summed E-state index contributed by atoms with van der Waals surface area (Å²) >= 11 is 6.20. The highest BCUT2D eigenvalue weighted by Crippen LogP contribution is 2.28. The van der Waals surface area contributed by atoms with Gasteiger partial charge < -0.3 is 4.74 Å². The average Bonchev–Trinajstić information content (AvgIpc) is 2.83. The van der Waals surface area contributed by atoms with Gasteiger partial charge in [0.2, 0.25) is 0 Å². The number of fused-ring (bicyclic) bond motifs is 1. The van der Waals surface area contributed by atoms with Crippen LogP contribution in [0.25, 0.3) is 10.9 Å². The summed E-state index contributed by atoms with van der Waals surface area (Å²) < 4.78 is 33.6. The third-order valence-electron chi connectivity index (χ3n) is 4.64. The van der Waals surface area contributed by atoms with E-state index in [2.05, 4.69) is 31.3 Å². The summed E-state index contributed by atoms with van der Waals surface area (Å²) in [5.41, 5.74) is 1.76. The molecule has 0 aliphatic carbocycles. The van der Waals surface area contributed by atoms with Crippen LogP contribution < -0.4 is 4.72 Å². The van der Waals surface area contributed by atoms with Crippen LogP contribution in [0.2, 0.25) is 5.02 Å². The van der Waals surface area contributed by atoms with Crippen LogP contribution in [-0.2, 0) is 14.8 Å². The van der Waals surface area contributed by atoms with E-state index < -0.39 is 16.0 Å². The molecule has 1 N–H and O–H groups in total. The smallest absolute Gasteiger partial charge is 0.356 e. The van der Waals surface area contributed by atoms with Crippen molar-refractivity contribution in [2.45, 2.75) is 4.90 Å². The van der Waals surface area contributed by atoms with Crippen molar-refractivity contribution in [2.75, 3.05) is 11.8 Å². The van der Waals surface area contributed by atoms with Gasteiger partial charge in [0.1, 0.15) is 10.6 Å². The molecule has 0 radical (unpaired) electrons. The monoisotopic (exact) mass is 477 g/mol. The van der Waals surface area contributed by atoms with Gasteiger partial charge >= 0.3 is 5.97 Å². The maximum atomic E-state index is 13.2. The third-order valence-corrected chi connectivity index (χ3v) is 6.37. The largest absolute Gasteiger partial charge is 0.464 e. The molecule has 0 bridgehead atoms. The van der Waals surface area contributed by atoms with Gasteiger partial charge in [-0.3, -0.25) is 9.71 Å². The minimum Gasteiger partial charge on any atom is -0.464 e. The molecule has 2 heterocycles. The van der Waals surface area contributed by atoms with Crippen LogP contribution >= 0.6 is 11.6 Å². The number of ether oxygens (including phenoxy) is 1. The number of pyridine rings is 2. The molecule has 4 aromatic rings. The topological polar surface area (TPSA) is 98.2 Å². The zero-order valence-corrected chi connectivity index (χ0v) is 18.8. The lowest BCUT2D eigenvalue weighted by Gasteiger charge is -2.12. The van der Waals surface area contributed by atoms with Gasteiger partial charge in [-0.2, -0.15) is 0 Å². The highest BCUT2D eigenvalue weighted by molar-refractivity contribution is 7.93. The fraction of sp³-hybridized carbons (Fsp3) is 0.0417. The number of esters is 1. The number of hydrogen-bond donors (Lipinski definition) is 1. The molecule has 0 aliphatic heterocycles. The lowest BCUT2D eigenvalue weighted by molar-refractivity contribution is 0.0594. The van der Waals surface area contributed by atoms with E-state index in [1.54, 1.807) is 48.5 Å². The second kappa shape index (κ2) is 9.28. The zero-order chi connectivity index (χ0) is 23.4. The van der Waals surface area contributed by atoms with Gasteiger partial charge in [-0.15, -0.1) is 0 Å². The first-order valence-corrected chi connectivity index (χ1v) is 11.5. The van der Waals surface area contributed by atoms with Gasteiger partial charge in [-0.25, -0.2) is 18.2 Å². The molecule has 9 heteroatoms. The van der Waals surface area contributed by atoms with Crippen LogP contribution in [-0.4, -0.2) is 31.5 Å². The summed E-state index contributed by atoms with van der Waals surface area (Å²) in [6.45, 7) is 0. The number of benzene rings is 2. The quantitative estimate of drug-likeness (QED) is 0.348. The van der Waals surface area contributed by atoms with Crippen molar-refractivity contribution in [1.29, 1.82) is 0 Å². The lowest BCUT2D eigenvalue weighted by atomic mass is 10.1. The lowest BCUT2D eigenvalue weighted by Crippen LogP contribution is -2.14. The van der Waals surface area contributed by atoms with E-state index in [0.29, 0.717) is 27.2 Å². The van der Waals surface area contributed by atoms with Crippen molar-refractivity contribution in [2.24, 2.45) is 0 Å². The molecule has 2 aromatic carbocycles. The summed E-state index contributed by atoms with van der Waals surface area (Å²) in [6, 6.07) is 16.3. The van der Waals surface area contributed by atoms with Crippen LogP contribution in [0, 0.1) is 11.8 Å². The van der Waals surface area contributed by atoms with Crippen LogP contribution in [0.3, 0.4) is 0 Å². The maximum Gasteiger partial charge on any atom is 0.356 e. The Labute approximate surface area is 195 Å². The third kappa shape index (κ3) is 4.80. The van der Waals surface area contributed by atoms with E-state index in [0.717, 1.165) is 0 Å². The molecular formula is C24H16ClN3O4S. The number of rotatable bonds is 4. The Morgan fingerprint density at radius 2 is 1.82 bits per heavy atom. The molecule has 0 saturated carbocycles. The number of anilines is 1. The molecule has 0 spiro atoms. The number of nitrogens with one attached hydrogen (secondary N) is 1. The summed E-state index contributed by atoms with van der Waals surface area (Å²) in [5, 5.41) is 0.952. The molecule has 0 saturated heterocycles. The second-order valence-electron chi connectivity index (χ2n) is 6.77. The van der Waals surface area contributed by atoms with Crippen LogP contribution in [0.4, 0.5) is 5.69 Å². The van der Waals surface area contributed by atoms with Crippen molar-refractivity contribution in [1.82, 2.24) is 9.97 Å². The van der Waals surface area contributed by atoms with E-state index in [1.807, 2.05) is 0 Å². The van der Waals surface area contributed by atoms with Crippen molar-refractivity contribution in [3.8, 4) is 11.8 Å². The molecule has 0 atom stereocenters. The fourth-order valence-electron chi connectivity index (χ4n) is 3.05. The predicted molar refractivity (Wildman–Crippen MR) is 126 cm³/mol. The van der Waals surface area contributed by atoms with E-state index >= 15 is 0 Å². The molecule has 33 heavy (non-hydrogen) atoms. The van der Waals surface area contributed by atoms with E-state index in [-0.39, 0.29) is 16.1 Å². The molecule has 164 valence electrons. The number of methoxy groups -OCH3 is 1. The van der Waals surface area contributed by atoms with Crippen molar-refractivity contribution >= 4 is 44.2 Å². The van der Waals surface area contributed by atoms with Gasteiger partial charge in [-0.05, 0) is 36.4 Å². The Morgan fingerprint density at radius 3 is 2.58 bits per heavy atom. The molecule has 7 nitrogen and oxygen atoms in total. The number of hydrogen-bond acceptors (Lipinski definition) is 6. The first kappa shape index (κ1) is 22.3. The molecule has 0 amide bonds. The number of carbonyl (C=O) groups excluding carboxylic acids is 1. The highest BCUT2D eigenvalue weighted by Gasteiger charge is 2.20. The Kier molecular flexibility index (Phi) is 6.27. The van der Waals surface area contributed by atoms with Crippen LogP contribution in [0.1, 0.15) is 21.6 Å². The molecule has 4 rings (SSSR count). The van der Waals surface area contributed by atoms with Crippen LogP contribution in [0.5, 0.6) is 0 Å². The fourth-order valence-corrected chi connectivity index (χ4v) is 4.51. The normalized spacial score (nSPS) is 10.8. The molecule has 2 aromatic heterocycles. The van der Waals surface area contributed by atoms with Gasteiger partial charge in [0.05, 0.1) is 23.3 Å². The van der Waals surface area contributed by atoms with Gasteiger partial charge in [-0.1, -0.05) is 47.7 Å². The summed E-state index contributed by atoms with van der Waals surface area (Å²) in [7, 11) is -2.71. The number of aromatic nitrogens is 2. The minimum atomic E-state index is -3.98. The number of para-hydroxylation sites is 2. The molecule has 0 fully saturated rings. The van der Waals surface area contributed by atoms with Gasteiger partial charge in [0, 0.05) is 28.9 Å². The molecule has 0 aliphatic rings. The predicted octanol–water partition coefficient (Wildman–Crippen LogP) is 4.27. The van der Waals surface area contributed by atoms with Gasteiger partial charge in [0.15, 0.2) is 0 Å². The average molecular weight is 478 g/mol.